The molecule has 0 aliphatic rings. The maximum Gasteiger partial charge on any atom is 0.291 e. The van der Waals surface area contributed by atoms with Crippen LogP contribution in [0.5, 0.6) is 0 Å². The monoisotopic (exact) mass is 180 g/mol. The zero-order valence-electron chi connectivity index (χ0n) is 6.57. The fraction of sp³-hybridized carbons (Fsp3) is 0.667. The molecule has 4 nitrogen and oxygen atoms in total. The van der Waals surface area contributed by atoms with Crippen LogP contribution in [0.4, 0.5) is 0 Å². The Morgan fingerprint density at radius 2 is 2.18 bits per heavy atom. The molecular weight excluding hydrogens is 168 g/mol. The van der Waals surface area contributed by atoms with Crippen molar-refractivity contribution >= 4 is 10.1 Å². The van der Waals surface area contributed by atoms with E-state index in [9.17, 15) is 8.42 Å². The van der Waals surface area contributed by atoms with Crippen LogP contribution in [-0.4, -0.2) is 25.0 Å². The highest BCUT2D eigenvalue weighted by atomic mass is 32.2. The Morgan fingerprint density at radius 3 is 2.45 bits per heavy atom. The van der Waals surface area contributed by atoms with E-state index < -0.39 is 15.6 Å². The molecule has 0 bridgehead atoms. The molecule has 0 saturated heterocycles. The molecule has 0 saturated carbocycles. The fourth-order valence-corrected chi connectivity index (χ4v) is 0.586. The van der Waals surface area contributed by atoms with Gasteiger partial charge in [-0.05, 0) is 13.8 Å². The van der Waals surface area contributed by atoms with Gasteiger partial charge >= 0.3 is 0 Å². The third-order valence-electron chi connectivity index (χ3n) is 0.984. The van der Waals surface area contributed by atoms with E-state index in [0.29, 0.717) is 5.57 Å². The van der Waals surface area contributed by atoms with E-state index in [0.717, 1.165) is 0 Å². The first-order valence-corrected chi connectivity index (χ1v) is 4.56. The van der Waals surface area contributed by atoms with Gasteiger partial charge in [0.15, 0.2) is 5.44 Å². The largest absolute Gasteiger partial charge is 0.356 e. The summed E-state index contributed by atoms with van der Waals surface area (Å²) in [4.78, 5) is 0. The highest BCUT2D eigenvalue weighted by Gasteiger charge is 2.16. The summed E-state index contributed by atoms with van der Waals surface area (Å²) in [6.07, 6.45) is 0. The van der Waals surface area contributed by atoms with E-state index in [1.807, 2.05) is 0 Å². The van der Waals surface area contributed by atoms with Crippen molar-refractivity contribution in [1.29, 1.82) is 0 Å². The van der Waals surface area contributed by atoms with Crippen molar-refractivity contribution in [3.8, 4) is 0 Å². The molecule has 0 aliphatic carbocycles. The van der Waals surface area contributed by atoms with Crippen LogP contribution in [0.2, 0.25) is 0 Å². The summed E-state index contributed by atoms with van der Waals surface area (Å²) >= 11 is 0. The molecule has 0 aromatic rings. The minimum absolute atomic E-state index is 0.140. The normalized spacial score (nSPS) is 14.5. The van der Waals surface area contributed by atoms with Crippen molar-refractivity contribution in [2.45, 2.75) is 19.3 Å². The Hall–Kier alpha value is -0.390. The molecule has 1 atom stereocenters. The van der Waals surface area contributed by atoms with E-state index in [4.69, 9.17) is 9.29 Å². The van der Waals surface area contributed by atoms with Gasteiger partial charge in [-0.15, -0.1) is 0 Å². The van der Waals surface area contributed by atoms with E-state index in [2.05, 4.69) is 6.58 Å². The highest BCUT2D eigenvalue weighted by molar-refractivity contribution is 7.86. The minimum atomic E-state index is -4.06. The van der Waals surface area contributed by atoms with Crippen LogP contribution in [0, 0.1) is 0 Å². The smallest absolute Gasteiger partial charge is 0.291 e. The molecule has 66 valence electrons. The van der Waals surface area contributed by atoms with Gasteiger partial charge in [0.2, 0.25) is 0 Å². The first-order valence-electron chi connectivity index (χ1n) is 3.06. The molecular formula is C6H12O4S. The van der Waals surface area contributed by atoms with Crippen LogP contribution in [0.3, 0.4) is 0 Å². The van der Waals surface area contributed by atoms with Crippen molar-refractivity contribution in [2.24, 2.45) is 0 Å². The lowest BCUT2D eigenvalue weighted by molar-refractivity contribution is 0.130. The Kier molecular flexibility index (Phi) is 3.71. The van der Waals surface area contributed by atoms with Crippen molar-refractivity contribution in [2.75, 3.05) is 6.61 Å². The second-order valence-electron chi connectivity index (χ2n) is 2.35. The van der Waals surface area contributed by atoms with E-state index in [1.54, 1.807) is 6.92 Å². The Labute approximate surface area is 66.6 Å². The summed E-state index contributed by atoms with van der Waals surface area (Å²) < 4.78 is 33.8. The van der Waals surface area contributed by atoms with E-state index >= 15 is 0 Å². The average molecular weight is 180 g/mol. The van der Waals surface area contributed by atoms with E-state index in [1.165, 1.54) is 6.92 Å². The summed E-state index contributed by atoms with van der Waals surface area (Å²) in [6.45, 7) is 6.61. The van der Waals surface area contributed by atoms with Gasteiger partial charge in [-0.25, -0.2) is 0 Å². The molecule has 0 aromatic heterocycles. The molecule has 0 spiro atoms. The van der Waals surface area contributed by atoms with Crippen LogP contribution in [0.25, 0.3) is 0 Å². The number of rotatable bonds is 4. The standard InChI is InChI=1S/C6H12O4S/c1-5(2)4-10-6(3)11(7,8)9/h6H,1,4H2,2-3H3,(H,7,8,9). The Balaban J connectivity index is 3.90. The molecule has 0 rings (SSSR count). The summed E-state index contributed by atoms with van der Waals surface area (Å²) in [6, 6.07) is 0. The first kappa shape index (κ1) is 10.6. The number of hydrogen-bond acceptors (Lipinski definition) is 3. The van der Waals surface area contributed by atoms with Crippen LogP contribution in [-0.2, 0) is 14.9 Å². The molecule has 0 aliphatic heterocycles. The molecule has 0 heterocycles. The second kappa shape index (κ2) is 3.85. The maximum atomic E-state index is 10.3. The zero-order valence-corrected chi connectivity index (χ0v) is 7.39. The van der Waals surface area contributed by atoms with Crippen LogP contribution in [0.1, 0.15) is 13.8 Å². The minimum Gasteiger partial charge on any atom is -0.356 e. The first-order chi connectivity index (χ1) is 4.84. The lowest BCUT2D eigenvalue weighted by Gasteiger charge is -2.08. The molecule has 5 heteroatoms. The maximum absolute atomic E-state index is 10.3. The van der Waals surface area contributed by atoms with Crippen LogP contribution in [0.15, 0.2) is 12.2 Å². The van der Waals surface area contributed by atoms with Crippen LogP contribution >= 0.6 is 0 Å². The van der Waals surface area contributed by atoms with Crippen molar-refractivity contribution < 1.29 is 17.7 Å². The number of ether oxygens (including phenoxy) is 1. The van der Waals surface area contributed by atoms with Gasteiger partial charge in [-0.2, -0.15) is 8.42 Å². The topological polar surface area (TPSA) is 63.6 Å². The third kappa shape index (κ3) is 4.94. The van der Waals surface area contributed by atoms with Crippen LogP contribution < -0.4 is 0 Å². The van der Waals surface area contributed by atoms with Gasteiger partial charge in [-0.3, -0.25) is 4.55 Å². The third-order valence-corrected chi connectivity index (χ3v) is 1.96. The molecule has 1 N–H and O–H groups in total. The summed E-state index contributed by atoms with van der Waals surface area (Å²) in [5.41, 5.74) is -0.473. The predicted octanol–water partition coefficient (Wildman–Crippen LogP) is 0.813. The van der Waals surface area contributed by atoms with Gasteiger partial charge in [0.1, 0.15) is 0 Å². The SMILES string of the molecule is C=C(C)COC(C)S(=O)(=O)O. The average Bonchev–Trinajstić information content (AvgIpc) is 1.80. The number of hydrogen-bond donors (Lipinski definition) is 1. The lowest BCUT2D eigenvalue weighted by Crippen LogP contribution is -2.20. The second-order valence-corrected chi connectivity index (χ2v) is 4.04. The van der Waals surface area contributed by atoms with Gasteiger partial charge in [0.25, 0.3) is 10.1 Å². The molecule has 0 aromatic carbocycles. The Morgan fingerprint density at radius 1 is 1.73 bits per heavy atom. The fourth-order valence-electron chi connectivity index (χ4n) is 0.346. The molecule has 0 radical (unpaired) electrons. The van der Waals surface area contributed by atoms with Gasteiger partial charge in [-0.1, -0.05) is 12.2 Å². The van der Waals surface area contributed by atoms with Crippen molar-refractivity contribution in [1.82, 2.24) is 0 Å². The highest BCUT2D eigenvalue weighted by Crippen LogP contribution is 2.01. The summed E-state index contributed by atoms with van der Waals surface area (Å²) in [7, 11) is -4.06. The Bertz CT molecular complexity index is 229. The molecule has 1 unspecified atom stereocenters. The summed E-state index contributed by atoms with van der Waals surface area (Å²) in [5, 5.41) is 0. The molecule has 0 fully saturated rings. The predicted molar refractivity (Wildman–Crippen MR) is 41.8 cm³/mol. The molecule has 11 heavy (non-hydrogen) atoms. The summed E-state index contributed by atoms with van der Waals surface area (Å²) in [5.74, 6) is 0. The van der Waals surface area contributed by atoms with Gasteiger partial charge in [0.05, 0.1) is 6.61 Å². The van der Waals surface area contributed by atoms with Crippen molar-refractivity contribution in [3.05, 3.63) is 12.2 Å². The van der Waals surface area contributed by atoms with Gasteiger partial charge in [0, 0.05) is 0 Å². The zero-order chi connectivity index (χ0) is 9.07. The van der Waals surface area contributed by atoms with E-state index in [-0.39, 0.29) is 6.61 Å². The van der Waals surface area contributed by atoms with Crippen molar-refractivity contribution in [3.63, 3.8) is 0 Å². The lowest BCUT2D eigenvalue weighted by atomic mass is 10.4. The van der Waals surface area contributed by atoms with Gasteiger partial charge < -0.3 is 4.74 Å². The quantitative estimate of drug-likeness (QED) is 0.513. The molecule has 0 amide bonds.